The smallest absolute Gasteiger partial charge is 0.205 e. The molecule has 5 heteroatoms. The molecule has 0 bridgehead atoms. The second kappa shape index (κ2) is 8.17. The van der Waals surface area contributed by atoms with Gasteiger partial charge < -0.3 is 10.2 Å². The molecule has 152 valence electrons. The van der Waals surface area contributed by atoms with Gasteiger partial charge in [0.25, 0.3) is 0 Å². The highest BCUT2D eigenvalue weighted by Gasteiger charge is 2.23. The van der Waals surface area contributed by atoms with Gasteiger partial charge in [-0.2, -0.15) is 0 Å². The van der Waals surface area contributed by atoms with Crippen LogP contribution in [0.2, 0.25) is 0 Å². The summed E-state index contributed by atoms with van der Waals surface area (Å²) in [6.07, 6.45) is 2.14. The Morgan fingerprint density at radius 2 is 1.90 bits per heavy atom. The Morgan fingerprint density at radius 3 is 2.77 bits per heavy atom. The zero-order valence-corrected chi connectivity index (χ0v) is 17.9. The van der Waals surface area contributed by atoms with Gasteiger partial charge in [0, 0.05) is 41.3 Å². The predicted molar refractivity (Wildman–Crippen MR) is 127 cm³/mol. The van der Waals surface area contributed by atoms with Gasteiger partial charge >= 0.3 is 0 Å². The van der Waals surface area contributed by atoms with E-state index in [4.69, 9.17) is 4.98 Å². The summed E-state index contributed by atoms with van der Waals surface area (Å²) in [6, 6.07) is 20.9. The molecule has 1 N–H and O–H groups in total. The highest BCUT2D eigenvalue weighted by molar-refractivity contribution is 7.19. The Hall–Kier alpha value is -2.76. The molecule has 0 radical (unpaired) electrons. The average Bonchev–Trinajstić information content (AvgIpc) is 3.13. The van der Waals surface area contributed by atoms with E-state index < -0.39 is 0 Å². The fourth-order valence-corrected chi connectivity index (χ4v) is 5.31. The molecule has 4 aromatic rings. The summed E-state index contributed by atoms with van der Waals surface area (Å²) in [5.41, 5.74) is 2.24. The van der Waals surface area contributed by atoms with Crippen molar-refractivity contribution in [1.29, 1.82) is 0 Å². The van der Waals surface area contributed by atoms with Crippen LogP contribution in [-0.4, -0.2) is 30.7 Å². The van der Waals surface area contributed by atoms with Crippen molar-refractivity contribution in [1.82, 2.24) is 10.3 Å². The number of thiophene rings is 1. The van der Waals surface area contributed by atoms with Crippen LogP contribution < -0.4 is 15.6 Å². The van der Waals surface area contributed by atoms with Crippen molar-refractivity contribution in [3.05, 3.63) is 81.3 Å². The van der Waals surface area contributed by atoms with Crippen LogP contribution in [-0.2, 0) is 6.42 Å². The molecule has 30 heavy (non-hydrogen) atoms. The third-order valence-corrected chi connectivity index (χ3v) is 6.91. The third-order valence-electron chi connectivity index (χ3n) is 5.86. The quantitative estimate of drug-likeness (QED) is 0.532. The summed E-state index contributed by atoms with van der Waals surface area (Å²) >= 11 is 1.58. The molecule has 0 saturated carbocycles. The number of aryl methyl sites for hydroxylation is 2. The topological polar surface area (TPSA) is 45.2 Å². The molecule has 0 amide bonds. The van der Waals surface area contributed by atoms with Crippen LogP contribution >= 0.6 is 11.3 Å². The molecule has 5 rings (SSSR count). The Bertz CT molecular complexity index is 1250. The number of nitrogens with one attached hydrogen (secondary N) is 1. The first kappa shape index (κ1) is 19.2. The molecule has 0 spiro atoms. The first-order chi connectivity index (χ1) is 14.7. The Labute approximate surface area is 180 Å². The normalized spacial score (nSPS) is 17.0. The van der Waals surface area contributed by atoms with E-state index >= 15 is 0 Å². The van der Waals surface area contributed by atoms with Crippen LogP contribution in [0.5, 0.6) is 0 Å². The maximum Gasteiger partial charge on any atom is 0.205 e. The minimum Gasteiger partial charge on any atom is -0.353 e. The Balaban J connectivity index is 1.51. The van der Waals surface area contributed by atoms with Gasteiger partial charge in [-0.15, -0.1) is 11.3 Å². The van der Waals surface area contributed by atoms with Gasteiger partial charge in [-0.25, -0.2) is 4.98 Å². The van der Waals surface area contributed by atoms with Crippen LogP contribution in [0.15, 0.2) is 65.5 Å². The van der Waals surface area contributed by atoms with Gasteiger partial charge in [0.2, 0.25) is 5.43 Å². The van der Waals surface area contributed by atoms with E-state index in [1.807, 2.05) is 24.3 Å². The zero-order chi connectivity index (χ0) is 20.5. The fraction of sp³-hybridized carbons (Fsp3) is 0.280. The summed E-state index contributed by atoms with van der Waals surface area (Å²) in [5.74, 6) is 0.943. The molecule has 3 heterocycles. The number of hydrogen-bond acceptors (Lipinski definition) is 5. The Morgan fingerprint density at radius 1 is 1.10 bits per heavy atom. The molecule has 1 saturated heterocycles. The first-order valence-corrected chi connectivity index (χ1v) is 11.4. The number of nitrogens with zero attached hydrogens (tertiary/aromatic N) is 2. The van der Waals surface area contributed by atoms with Crippen LogP contribution in [0.25, 0.3) is 21.0 Å². The van der Waals surface area contributed by atoms with Crippen molar-refractivity contribution in [2.24, 2.45) is 0 Å². The van der Waals surface area contributed by atoms with Gasteiger partial charge in [0.15, 0.2) is 0 Å². The molecule has 4 nitrogen and oxygen atoms in total. The largest absolute Gasteiger partial charge is 0.353 e. The van der Waals surface area contributed by atoms with Gasteiger partial charge in [0.05, 0.1) is 10.2 Å². The highest BCUT2D eigenvalue weighted by atomic mass is 32.1. The van der Waals surface area contributed by atoms with E-state index in [1.54, 1.807) is 11.3 Å². The number of piperazine rings is 1. The molecule has 1 atom stereocenters. The minimum absolute atomic E-state index is 0.0909. The number of aromatic nitrogens is 1. The van der Waals surface area contributed by atoms with Crippen molar-refractivity contribution in [3.63, 3.8) is 0 Å². The van der Waals surface area contributed by atoms with E-state index in [2.05, 4.69) is 53.5 Å². The van der Waals surface area contributed by atoms with E-state index in [-0.39, 0.29) is 5.43 Å². The van der Waals surface area contributed by atoms with Crippen LogP contribution in [0.4, 0.5) is 5.82 Å². The molecule has 1 aliphatic heterocycles. The van der Waals surface area contributed by atoms with Gasteiger partial charge in [-0.05, 0) is 43.5 Å². The molecular formula is C25H25N3OS. The van der Waals surface area contributed by atoms with E-state index in [1.165, 1.54) is 5.56 Å². The monoisotopic (exact) mass is 415 g/mol. The number of rotatable bonds is 4. The van der Waals surface area contributed by atoms with Crippen molar-refractivity contribution >= 4 is 38.1 Å². The standard InChI is InChI=1S/C25H25N3OS/c1-17-15-21-24(30-17)23(29)20-9-5-6-10-22(20)27-25(21)28-14-13-26-19(16-28)12-11-18-7-3-2-4-8-18/h2-10,15,19,26H,11-14,16H2,1H3/t19-/m0/s1. The minimum atomic E-state index is 0.0909. The zero-order valence-electron chi connectivity index (χ0n) is 17.1. The summed E-state index contributed by atoms with van der Waals surface area (Å²) in [4.78, 5) is 21.7. The second-order valence-electron chi connectivity index (χ2n) is 8.00. The first-order valence-electron chi connectivity index (χ1n) is 10.5. The fourth-order valence-electron chi connectivity index (χ4n) is 4.35. The lowest BCUT2D eigenvalue weighted by Crippen LogP contribution is -2.51. The van der Waals surface area contributed by atoms with Crippen LogP contribution in [0.1, 0.15) is 16.9 Å². The number of para-hydroxylation sites is 1. The number of anilines is 1. The number of hydrogen-bond donors (Lipinski definition) is 1. The molecule has 1 fully saturated rings. The molecule has 1 aliphatic rings. The number of fused-ring (bicyclic) bond motifs is 2. The molecule has 0 aliphatic carbocycles. The van der Waals surface area contributed by atoms with Gasteiger partial charge in [0.1, 0.15) is 5.82 Å². The van der Waals surface area contributed by atoms with Crippen molar-refractivity contribution < 1.29 is 0 Å². The summed E-state index contributed by atoms with van der Waals surface area (Å²) in [5, 5.41) is 5.36. The maximum absolute atomic E-state index is 13.2. The molecule has 2 aromatic heterocycles. The lowest BCUT2D eigenvalue weighted by Gasteiger charge is -2.34. The molecule has 0 unspecified atom stereocenters. The van der Waals surface area contributed by atoms with Crippen LogP contribution in [0, 0.1) is 6.92 Å². The summed E-state index contributed by atoms with van der Waals surface area (Å²) in [6.45, 7) is 4.78. The molecule has 2 aromatic carbocycles. The lowest BCUT2D eigenvalue weighted by atomic mass is 10.0. The second-order valence-corrected chi connectivity index (χ2v) is 9.26. The van der Waals surface area contributed by atoms with Crippen molar-refractivity contribution in [2.75, 3.05) is 24.5 Å². The van der Waals surface area contributed by atoms with E-state index in [9.17, 15) is 4.79 Å². The maximum atomic E-state index is 13.2. The molecular weight excluding hydrogens is 390 g/mol. The SMILES string of the molecule is Cc1cc2c(N3CCN[C@@H](CCc4ccccc4)C3)nc3ccccc3c(=O)c2s1. The van der Waals surface area contributed by atoms with E-state index in [0.29, 0.717) is 11.4 Å². The lowest BCUT2D eigenvalue weighted by molar-refractivity contribution is 0.433. The summed E-state index contributed by atoms with van der Waals surface area (Å²) < 4.78 is 0.815. The third kappa shape index (κ3) is 3.71. The highest BCUT2D eigenvalue weighted by Crippen LogP contribution is 2.31. The van der Waals surface area contributed by atoms with Crippen molar-refractivity contribution in [3.8, 4) is 0 Å². The van der Waals surface area contributed by atoms with Gasteiger partial charge in [-0.3, -0.25) is 4.79 Å². The predicted octanol–water partition coefficient (Wildman–Crippen LogP) is 4.53. The average molecular weight is 416 g/mol. The van der Waals surface area contributed by atoms with Crippen LogP contribution in [0.3, 0.4) is 0 Å². The Kier molecular flexibility index (Phi) is 5.23. The van der Waals surface area contributed by atoms with E-state index in [0.717, 1.165) is 58.8 Å². The number of benzene rings is 2. The summed E-state index contributed by atoms with van der Waals surface area (Å²) in [7, 11) is 0. The van der Waals surface area contributed by atoms with Crippen molar-refractivity contribution in [2.45, 2.75) is 25.8 Å². The van der Waals surface area contributed by atoms with Gasteiger partial charge in [-0.1, -0.05) is 42.5 Å².